The number of non-ortho nitro benzene ring substituents is 1. The Morgan fingerprint density at radius 1 is 1.17 bits per heavy atom. The molecule has 1 unspecified atom stereocenters. The van der Waals surface area contributed by atoms with Gasteiger partial charge in [-0.25, -0.2) is 0 Å². The number of amides is 1. The fourth-order valence-corrected chi connectivity index (χ4v) is 3.58. The Bertz CT molecular complexity index is 832. The van der Waals surface area contributed by atoms with Gasteiger partial charge in [0.1, 0.15) is 0 Å². The fraction of sp³-hybridized carbons (Fsp3) is 0.409. The predicted molar refractivity (Wildman–Crippen MR) is 115 cm³/mol. The summed E-state index contributed by atoms with van der Waals surface area (Å²) in [5.41, 5.74) is 2.92. The summed E-state index contributed by atoms with van der Waals surface area (Å²) >= 11 is 0. The van der Waals surface area contributed by atoms with Crippen LogP contribution in [0.3, 0.4) is 0 Å². The molecule has 1 aliphatic rings. The maximum Gasteiger partial charge on any atom is 0.269 e. The van der Waals surface area contributed by atoms with Gasteiger partial charge in [0.25, 0.3) is 5.69 Å². The fourth-order valence-electron chi connectivity index (χ4n) is 3.58. The second-order valence-corrected chi connectivity index (χ2v) is 7.38. The molecule has 7 nitrogen and oxygen atoms in total. The molecule has 0 bridgehead atoms. The van der Waals surface area contributed by atoms with E-state index in [2.05, 4.69) is 21.6 Å². The van der Waals surface area contributed by atoms with Crippen molar-refractivity contribution in [1.29, 1.82) is 0 Å². The molecule has 1 atom stereocenters. The van der Waals surface area contributed by atoms with Crippen LogP contribution in [-0.4, -0.2) is 30.0 Å². The summed E-state index contributed by atoms with van der Waals surface area (Å²) in [6.45, 7) is 4.64. The van der Waals surface area contributed by atoms with E-state index in [4.69, 9.17) is 0 Å². The van der Waals surface area contributed by atoms with Crippen LogP contribution in [0.5, 0.6) is 0 Å². The van der Waals surface area contributed by atoms with Crippen molar-refractivity contribution < 1.29 is 9.72 Å². The van der Waals surface area contributed by atoms with Gasteiger partial charge >= 0.3 is 0 Å². The first-order chi connectivity index (χ1) is 14.1. The molecular weight excluding hydrogens is 368 g/mol. The number of anilines is 2. The third-order valence-corrected chi connectivity index (χ3v) is 5.18. The molecule has 1 aliphatic heterocycles. The van der Waals surface area contributed by atoms with Crippen LogP contribution in [0.15, 0.2) is 48.5 Å². The normalized spacial score (nSPS) is 14.6. The van der Waals surface area contributed by atoms with Crippen molar-refractivity contribution in [2.75, 3.05) is 23.3 Å². The highest BCUT2D eigenvalue weighted by Crippen LogP contribution is 2.23. The van der Waals surface area contributed by atoms with Gasteiger partial charge in [0, 0.05) is 43.1 Å². The highest BCUT2D eigenvalue weighted by molar-refractivity contribution is 5.95. The number of rotatable bonds is 9. The average molecular weight is 396 g/mol. The lowest BCUT2D eigenvalue weighted by atomic mass is 10.1. The zero-order valence-electron chi connectivity index (χ0n) is 16.8. The van der Waals surface area contributed by atoms with Crippen LogP contribution in [0.25, 0.3) is 0 Å². The maximum atomic E-state index is 12.8. The smallest absolute Gasteiger partial charge is 0.269 e. The topological polar surface area (TPSA) is 87.5 Å². The van der Waals surface area contributed by atoms with Gasteiger partial charge in [0.2, 0.25) is 5.91 Å². The summed E-state index contributed by atoms with van der Waals surface area (Å²) in [6.07, 6.45) is 4.01. The van der Waals surface area contributed by atoms with Crippen LogP contribution >= 0.6 is 0 Å². The molecule has 0 aliphatic carbocycles. The molecule has 154 valence electrons. The standard InChI is InChI=1S/C22H28N4O3/c1-2-6-21(23-16-17-9-11-19(12-10-17)26(28)29)22(27)24-18-7-5-8-20(15-18)25-13-3-4-14-25/h5,7-12,15,21,23H,2-4,6,13-14,16H2,1H3,(H,24,27). The van der Waals surface area contributed by atoms with Gasteiger partial charge in [-0.3, -0.25) is 14.9 Å². The van der Waals surface area contributed by atoms with E-state index in [0.29, 0.717) is 13.0 Å². The van der Waals surface area contributed by atoms with Crippen molar-refractivity contribution in [2.45, 2.75) is 45.2 Å². The Morgan fingerprint density at radius 2 is 1.90 bits per heavy atom. The quantitative estimate of drug-likeness (QED) is 0.492. The number of nitrogens with zero attached hydrogens (tertiary/aromatic N) is 2. The van der Waals surface area contributed by atoms with Gasteiger partial charge in [0.05, 0.1) is 11.0 Å². The monoisotopic (exact) mass is 396 g/mol. The van der Waals surface area contributed by atoms with Crippen LogP contribution in [0.4, 0.5) is 17.1 Å². The van der Waals surface area contributed by atoms with E-state index >= 15 is 0 Å². The summed E-state index contributed by atoms with van der Waals surface area (Å²) in [5.74, 6) is -0.0627. The summed E-state index contributed by atoms with van der Waals surface area (Å²) < 4.78 is 0. The van der Waals surface area contributed by atoms with Crippen molar-refractivity contribution in [1.82, 2.24) is 5.32 Å². The summed E-state index contributed by atoms with van der Waals surface area (Å²) in [6, 6.07) is 14.1. The zero-order chi connectivity index (χ0) is 20.6. The first-order valence-corrected chi connectivity index (χ1v) is 10.2. The molecule has 2 aromatic rings. The van der Waals surface area contributed by atoms with Gasteiger partial charge in [-0.15, -0.1) is 0 Å². The Labute approximate surface area is 171 Å². The Hall–Kier alpha value is -2.93. The molecule has 2 N–H and O–H groups in total. The first-order valence-electron chi connectivity index (χ1n) is 10.2. The van der Waals surface area contributed by atoms with Crippen LogP contribution < -0.4 is 15.5 Å². The number of carbonyl (C=O) groups is 1. The number of benzene rings is 2. The Morgan fingerprint density at radius 3 is 2.55 bits per heavy atom. The molecule has 0 spiro atoms. The third-order valence-electron chi connectivity index (χ3n) is 5.18. The lowest BCUT2D eigenvalue weighted by Gasteiger charge is -2.20. The van der Waals surface area contributed by atoms with E-state index in [0.717, 1.165) is 36.4 Å². The second kappa shape index (κ2) is 10.0. The average Bonchev–Trinajstić information content (AvgIpc) is 3.26. The minimum absolute atomic E-state index is 0.0627. The lowest BCUT2D eigenvalue weighted by molar-refractivity contribution is -0.384. The number of nitrogens with one attached hydrogen (secondary N) is 2. The SMILES string of the molecule is CCCC(NCc1ccc([N+](=O)[O-])cc1)C(=O)Nc1cccc(N2CCCC2)c1. The molecule has 0 saturated carbocycles. The molecule has 1 amide bonds. The lowest BCUT2D eigenvalue weighted by Crippen LogP contribution is -2.40. The van der Waals surface area contributed by atoms with E-state index in [9.17, 15) is 14.9 Å². The Kier molecular flexibility index (Phi) is 7.19. The zero-order valence-corrected chi connectivity index (χ0v) is 16.8. The molecule has 0 radical (unpaired) electrons. The van der Waals surface area contributed by atoms with E-state index in [-0.39, 0.29) is 17.6 Å². The predicted octanol–water partition coefficient (Wildman–Crippen LogP) is 4.09. The van der Waals surface area contributed by atoms with Crippen LogP contribution in [0.2, 0.25) is 0 Å². The largest absolute Gasteiger partial charge is 0.371 e. The highest BCUT2D eigenvalue weighted by atomic mass is 16.6. The van der Waals surface area contributed by atoms with Crippen molar-refractivity contribution >= 4 is 23.0 Å². The molecule has 7 heteroatoms. The van der Waals surface area contributed by atoms with Crippen molar-refractivity contribution in [2.24, 2.45) is 0 Å². The third kappa shape index (κ3) is 5.77. The van der Waals surface area contributed by atoms with Gasteiger partial charge in [0.15, 0.2) is 0 Å². The van der Waals surface area contributed by atoms with Crippen LogP contribution in [-0.2, 0) is 11.3 Å². The van der Waals surface area contributed by atoms with E-state index in [1.54, 1.807) is 12.1 Å². The summed E-state index contributed by atoms with van der Waals surface area (Å²) in [5, 5.41) is 17.1. The minimum Gasteiger partial charge on any atom is -0.371 e. The number of hydrogen-bond donors (Lipinski definition) is 2. The molecule has 3 rings (SSSR count). The molecule has 1 heterocycles. The maximum absolute atomic E-state index is 12.8. The molecular formula is C22H28N4O3. The number of nitro groups is 1. The molecule has 1 fully saturated rings. The molecule has 2 aromatic carbocycles. The van der Waals surface area contributed by atoms with E-state index in [1.807, 2.05) is 25.1 Å². The second-order valence-electron chi connectivity index (χ2n) is 7.38. The van der Waals surface area contributed by atoms with Crippen molar-refractivity contribution in [3.05, 3.63) is 64.2 Å². The van der Waals surface area contributed by atoms with Crippen molar-refractivity contribution in [3.63, 3.8) is 0 Å². The highest BCUT2D eigenvalue weighted by Gasteiger charge is 2.18. The first kappa shape index (κ1) is 20.8. The molecule has 1 saturated heterocycles. The van der Waals surface area contributed by atoms with E-state index < -0.39 is 4.92 Å². The van der Waals surface area contributed by atoms with Gasteiger partial charge in [-0.1, -0.05) is 31.5 Å². The number of hydrogen-bond acceptors (Lipinski definition) is 5. The molecule has 0 aromatic heterocycles. The number of carbonyl (C=O) groups excluding carboxylic acids is 1. The summed E-state index contributed by atoms with van der Waals surface area (Å²) in [7, 11) is 0. The van der Waals surface area contributed by atoms with Crippen molar-refractivity contribution in [3.8, 4) is 0 Å². The summed E-state index contributed by atoms with van der Waals surface area (Å²) in [4.78, 5) is 25.5. The minimum atomic E-state index is -0.416. The van der Waals surface area contributed by atoms with Gasteiger partial charge in [-0.05, 0) is 43.0 Å². The van der Waals surface area contributed by atoms with Gasteiger partial charge in [-0.2, -0.15) is 0 Å². The van der Waals surface area contributed by atoms with Crippen LogP contribution in [0, 0.1) is 10.1 Å². The number of nitro benzene ring substituents is 1. The van der Waals surface area contributed by atoms with Crippen LogP contribution in [0.1, 0.15) is 38.2 Å². The van der Waals surface area contributed by atoms with E-state index in [1.165, 1.54) is 25.0 Å². The Balaban J connectivity index is 1.60. The van der Waals surface area contributed by atoms with Gasteiger partial charge < -0.3 is 15.5 Å². The molecule has 29 heavy (non-hydrogen) atoms.